The molecule has 1 amide bonds. The third kappa shape index (κ3) is 4.29. The number of fused-ring (bicyclic) bond motifs is 1. The fourth-order valence-corrected chi connectivity index (χ4v) is 4.10. The van der Waals surface area contributed by atoms with Crippen LogP contribution in [0.25, 0.3) is 10.9 Å². The van der Waals surface area contributed by atoms with Gasteiger partial charge in [0.2, 0.25) is 5.91 Å². The molecule has 0 saturated heterocycles. The predicted octanol–water partition coefficient (Wildman–Crippen LogP) is 2.83. The number of carbonyl (C=O) groups excluding carboxylic acids is 1. The summed E-state index contributed by atoms with van der Waals surface area (Å²) >= 11 is 0. The molecular formula is C19H19FN2O3S. The lowest BCUT2D eigenvalue weighted by molar-refractivity contribution is -0.120. The number of halogens is 1. The number of benzene rings is 2. The number of hydrogen-bond donors (Lipinski definition) is 2. The highest BCUT2D eigenvalue weighted by molar-refractivity contribution is 7.91. The molecule has 0 aliphatic carbocycles. The lowest BCUT2D eigenvalue weighted by atomic mass is 10.1. The van der Waals surface area contributed by atoms with E-state index in [0.717, 1.165) is 5.52 Å². The second kappa shape index (κ2) is 7.70. The highest BCUT2D eigenvalue weighted by Crippen LogP contribution is 2.19. The minimum absolute atomic E-state index is 0.0322. The van der Waals surface area contributed by atoms with E-state index in [4.69, 9.17) is 0 Å². The Morgan fingerprint density at radius 2 is 1.88 bits per heavy atom. The number of aromatic nitrogens is 1. The van der Waals surface area contributed by atoms with Gasteiger partial charge in [-0.25, -0.2) is 12.8 Å². The van der Waals surface area contributed by atoms with Crippen LogP contribution in [0, 0.1) is 5.82 Å². The monoisotopic (exact) mass is 374 g/mol. The number of carbonyl (C=O) groups is 1. The lowest BCUT2D eigenvalue weighted by Crippen LogP contribution is -2.27. The average molecular weight is 374 g/mol. The third-order valence-corrected chi connectivity index (χ3v) is 5.91. The summed E-state index contributed by atoms with van der Waals surface area (Å²) in [5, 5.41) is 3.39. The normalized spacial score (nSPS) is 11.6. The van der Waals surface area contributed by atoms with Gasteiger partial charge in [-0.1, -0.05) is 18.2 Å². The van der Waals surface area contributed by atoms with E-state index in [9.17, 15) is 17.6 Å². The first kappa shape index (κ1) is 18.1. The highest BCUT2D eigenvalue weighted by atomic mass is 32.2. The maximum atomic E-state index is 13.4. The molecule has 0 radical (unpaired) electrons. The number of sulfone groups is 1. The van der Waals surface area contributed by atoms with Crippen LogP contribution in [0.3, 0.4) is 0 Å². The van der Waals surface area contributed by atoms with Crippen LogP contribution < -0.4 is 5.32 Å². The predicted molar refractivity (Wildman–Crippen MR) is 98.1 cm³/mol. The Labute approximate surface area is 151 Å². The summed E-state index contributed by atoms with van der Waals surface area (Å²) in [6, 6.07) is 12.6. The second-order valence-corrected chi connectivity index (χ2v) is 8.13. The molecule has 1 aromatic heterocycles. The molecule has 0 saturated carbocycles. The summed E-state index contributed by atoms with van der Waals surface area (Å²) in [5.74, 6) is -0.618. The Morgan fingerprint density at radius 3 is 2.65 bits per heavy atom. The van der Waals surface area contributed by atoms with Gasteiger partial charge in [-0.15, -0.1) is 0 Å². The van der Waals surface area contributed by atoms with Gasteiger partial charge >= 0.3 is 0 Å². The molecule has 3 rings (SSSR count). The van der Waals surface area contributed by atoms with Crippen LogP contribution >= 0.6 is 0 Å². The zero-order valence-electron chi connectivity index (χ0n) is 14.0. The maximum absolute atomic E-state index is 13.4. The van der Waals surface area contributed by atoms with E-state index in [0.29, 0.717) is 17.4 Å². The minimum Gasteiger partial charge on any atom is -0.361 e. The van der Waals surface area contributed by atoms with Crippen molar-refractivity contribution in [1.29, 1.82) is 0 Å². The largest absolute Gasteiger partial charge is 0.361 e. The van der Waals surface area contributed by atoms with E-state index >= 15 is 0 Å². The molecule has 0 spiro atoms. The van der Waals surface area contributed by atoms with Crippen LogP contribution in [-0.2, 0) is 21.1 Å². The van der Waals surface area contributed by atoms with Gasteiger partial charge in [-0.3, -0.25) is 4.79 Å². The molecule has 0 aliphatic rings. The molecular weight excluding hydrogens is 355 g/mol. The quantitative estimate of drug-likeness (QED) is 0.624. The Bertz CT molecular complexity index is 1010. The third-order valence-electron chi connectivity index (χ3n) is 4.09. The van der Waals surface area contributed by atoms with Crippen molar-refractivity contribution in [1.82, 2.24) is 10.3 Å². The van der Waals surface area contributed by atoms with Crippen molar-refractivity contribution in [3.05, 3.63) is 66.1 Å². The summed E-state index contributed by atoms with van der Waals surface area (Å²) in [6.07, 6.45) is 2.11. The van der Waals surface area contributed by atoms with E-state index in [1.54, 1.807) is 42.6 Å². The number of hydrogen-bond acceptors (Lipinski definition) is 3. The molecule has 2 aromatic carbocycles. The van der Waals surface area contributed by atoms with Crippen molar-refractivity contribution in [2.45, 2.75) is 17.7 Å². The van der Waals surface area contributed by atoms with Crippen molar-refractivity contribution in [3.8, 4) is 0 Å². The zero-order valence-corrected chi connectivity index (χ0v) is 14.9. The van der Waals surface area contributed by atoms with Crippen LogP contribution in [0.4, 0.5) is 4.39 Å². The molecule has 136 valence electrons. The Hall–Kier alpha value is -2.67. The SMILES string of the molecule is O=C(Cc1c[nH]c2ccc(F)cc12)NCCCS(=O)(=O)c1ccccc1. The Balaban J connectivity index is 1.51. The van der Waals surface area contributed by atoms with Gasteiger partial charge < -0.3 is 10.3 Å². The molecule has 1 heterocycles. The first-order valence-electron chi connectivity index (χ1n) is 8.26. The van der Waals surface area contributed by atoms with E-state index in [1.807, 2.05) is 0 Å². The fraction of sp³-hybridized carbons (Fsp3) is 0.211. The van der Waals surface area contributed by atoms with E-state index in [1.165, 1.54) is 12.1 Å². The summed E-state index contributed by atoms with van der Waals surface area (Å²) < 4.78 is 37.7. The van der Waals surface area contributed by atoms with Gasteiger partial charge in [0.25, 0.3) is 0 Å². The van der Waals surface area contributed by atoms with Crippen LogP contribution in [-0.4, -0.2) is 31.6 Å². The van der Waals surface area contributed by atoms with Gasteiger partial charge in [0.15, 0.2) is 9.84 Å². The molecule has 0 bridgehead atoms. The molecule has 26 heavy (non-hydrogen) atoms. The number of rotatable bonds is 7. The fourth-order valence-electron chi connectivity index (χ4n) is 2.77. The molecule has 3 aromatic rings. The van der Waals surface area contributed by atoms with E-state index < -0.39 is 9.84 Å². The van der Waals surface area contributed by atoms with Gasteiger partial charge in [0.05, 0.1) is 17.1 Å². The average Bonchev–Trinajstić information content (AvgIpc) is 3.01. The van der Waals surface area contributed by atoms with Crippen LogP contribution in [0.1, 0.15) is 12.0 Å². The summed E-state index contributed by atoms with van der Waals surface area (Å²) in [5.41, 5.74) is 1.47. The Kier molecular flexibility index (Phi) is 5.37. The summed E-state index contributed by atoms with van der Waals surface area (Å²) in [6.45, 7) is 0.265. The number of H-pyrrole nitrogens is 1. The Morgan fingerprint density at radius 1 is 1.12 bits per heavy atom. The van der Waals surface area contributed by atoms with Gasteiger partial charge in [-0.05, 0) is 42.3 Å². The zero-order chi connectivity index (χ0) is 18.6. The first-order valence-corrected chi connectivity index (χ1v) is 9.91. The number of amides is 1. The van der Waals surface area contributed by atoms with Crippen molar-refractivity contribution in [3.63, 3.8) is 0 Å². The molecule has 0 fully saturated rings. The number of aromatic amines is 1. The van der Waals surface area contributed by atoms with Crippen LogP contribution in [0.2, 0.25) is 0 Å². The van der Waals surface area contributed by atoms with E-state index in [-0.39, 0.29) is 35.3 Å². The summed E-state index contributed by atoms with van der Waals surface area (Å²) in [4.78, 5) is 15.3. The van der Waals surface area contributed by atoms with Crippen molar-refractivity contribution in [2.75, 3.05) is 12.3 Å². The topological polar surface area (TPSA) is 79.0 Å². The minimum atomic E-state index is -3.34. The van der Waals surface area contributed by atoms with Crippen molar-refractivity contribution in [2.24, 2.45) is 0 Å². The van der Waals surface area contributed by atoms with Gasteiger partial charge in [0, 0.05) is 23.6 Å². The standard InChI is InChI=1S/C19H19FN2O3S/c20-15-7-8-18-17(12-15)14(13-22-18)11-19(23)21-9-4-10-26(24,25)16-5-2-1-3-6-16/h1-3,5-8,12-13,22H,4,9-11H2,(H,21,23). The molecule has 0 aliphatic heterocycles. The van der Waals surface area contributed by atoms with Crippen LogP contribution in [0.15, 0.2) is 59.6 Å². The molecule has 5 nitrogen and oxygen atoms in total. The highest BCUT2D eigenvalue weighted by Gasteiger charge is 2.14. The first-order chi connectivity index (χ1) is 12.5. The van der Waals surface area contributed by atoms with Crippen molar-refractivity contribution >= 4 is 26.6 Å². The lowest BCUT2D eigenvalue weighted by Gasteiger charge is -2.06. The van der Waals surface area contributed by atoms with Crippen LogP contribution in [0.5, 0.6) is 0 Å². The van der Waals surface area contributed by atoms with Crippen molar-refractivity contribution < 1.29 is 17.6 Å². The maximum Gasteiger partial charge on any atom is 0.224 e. The smallest absolute Gasteiger partial charge is 0.224 e. The second-order valence-electron chi connectivity index (χ2n) is 6.02. The molecule has 0 atom stereocenters. The van der Waals surface area contributed by atoms with Gasteiger partial charge in [0.1, 0.15) is 5.82 Å². The number of nitrogens with one attached hydrogen (secondary N) is 2. The molecule has 7 heteroatoms. The molecule has 0 unspecified atom stereocenters. The summed E-state index contributed by atoms with van der Waals surface area (Å²) in [7, 11) is -3.34. The van der Waals surface area contributed by atoms with E-state index in [2.05, 4.69) is 10.3 Å². The molecule has 2 N–H and O–H groups in total. The van der Waals surface area contributed by atoms with Gasteiger partial charge in [-0.2, -0.15) is 0 Å².